The molecule has 6 heteroatoms. The Morgan fingerprint density at radius 1 is 1.40 bits per heavy atom. The van der Waals surface area contributed by atoms with Gasteiger partial charge in [-0.05, 0) is 34.8 Å². The highest BCUT2D eigenvalue weighted by atomic mass is 79.9. The van der Waals surface area contributed by atoms with Gasteiger partial charge in [-0.15, -0.1) is 0 Å². The Labute approximate surface area is 122 Å². The first-order chi connectivity index (χ1) is 9.56. The van der Waals surface area contributed by atoms with Crippen molar-refractivity contribution in [3.63, 3.8) is 0 Å². The van der Waals surface area contributed by atoms with Crippen LogP contribution in [0.2, 0.25) is 0 Å². The minimum atomic E-state index is -0.827. The molecular weight excluding hydrogens is 327 g/mol. The average molecular weight is 339 g/mol. The van der Waals surface area contributed by atoms with Gasteiger partial charge in [0.2, 0.25) is 0 Å². The van der Waals surface area contributed by atoms with Crippen molar-refractivity contribution in [2.75, 3.05) is 0 Å². The molecule has 2 N–H and O–H groups in total. The maximum Gasteiger partial charge on any atom is 0.307 e. The maximum atomic E-state index is 13.5. The van der Waals surface area contributed by atoms with E-state index in [1.54, 1.807) is 6.07 Å². The minimum Gasteiger partial charge on any atom is -0.481 e. The number of nitrogens with zero attached hydrogens (tertiary/aromatic N) is 1. The number of allylic oxidation sites excluding steroid dienone is 2. The summed E-state index contributed by atoms with van der Waals surface area (Å²) in [5, 5.41) is 9.29. The molecule has 0 saturated carbocycles. The van der Waals surface area contributed by atoms with E-state index in [1.807, 2.05) is 12.2 Å². The van der Waals surface area contributed by atoms with Gasteiger partial charge in [-0.2, -0.15) is 0 Å². The third-order valence-corrected chi connectivity index (χ3v) is 4.25. The molecule has 0 aliphatic heterocycles. The van der Waals surface area contributed by atoms with E-state index >= 15 is 0 Å². The van der Waals surface area contributed by atoms with Gasteiger partial charge in [0.05, 0.1) is 21.4 Å². The lowest BCUT2D eigenvalue weighted by Crippen LogP contribution is -2.24. The van der Waals surface area contributed by atoms with Crippen LogP contribution in [0.25, 0.3) is 11.0 Å². The number of carboxylic acid groups (broad SMARTS) is 1. The zero-order chi connectivity index (χ0) is 14.3. The number of halogens is 2. The van der Waals surface area contributed by atoms with Crippen LogP contribution in [0.15, 0.2) is 28.8 Å². The van der Waals surface area contributed by atoms with E-state index in [2.05, 4.69) is 25.9 Å². The van der Waals surface area contributed by atoms with Gasteiger partial charge in [-0.25, -0.2) is 9.37 Å². The fourth-order valence-corrected chi connectivity index (χ4v) is 2.92. The van der Waals surface area contributed by atoms with E-state index < -0.39 is 11.9 Å². The number of H-pyrrole nitrogens is 1. The summed E-state index contributed by atoms with van der Waals surface area (Å²) in [4.78, 5) is 18.8. The highest BCUT2D eigenvalue weighted by Crippen LogP contribution is 2.34. The van der Waals surface area contributed by atoms with Crippen molar-refractivity contribution in [2.24, 2.45) is 5.92 Å². The van der Waals surface area contributed by atoms with Gasteiger partial charge in [0, 0.05) is 12.0 Å². The maximum absolute atomic E-state index is 13.5. The van der Waals surface area contributed by atoms with Gasteiger partial charge >= 0.3 is 5.97 Å². The first kappa shape index (κ1) is 13.3. The topological polar surface area (TPSA) is 66.0 Å². The summed E-state index contributed by atoms with van der Waals surface area (Å²) in [5.74, 6) is -1.28. The summed E-state index contributed by atoms with van der Waals surface area (Å²) in [6.45, 7) is 0. The smallest absolute Gasteiger partial charge is 0.307 e. The number of hydrogen-bond acceptors (Lipinski definition) is 2. The monoisotopic (exact) mass is 338 g/mol. The highest BCUT2D eigenvalue weighted by molar-refractivity contribution is 9.10. The van der Waals surface area contributed by atoms with Gasteiger partial charge in [0.15, 0.2) is 0 Å². The molecule has 2 aromatic rings. The minimum absolute atomic E-state index is 0.202. The van der Waals surface area contributed by atoms with Crippen molar-refractivity contribution >= 4 is 32.9 Å². The lowest BCUT2D eigenvalue weighted by atomic mass is 9.82. The zero-order valence-electron chi connectivity index (χ0n) is 10.4. The molecule has 0 radical (unpaired) electrons. The number of aromatic amines is 1. The van der Waals surface area contributed by atoms with Crippen LogP contribution in [0.1, 0.15) is 24.6 Å². The molecule has 2 atom stereocenters. The Bertz CT molecular complexity index is 672. The molecule has 2 unspecified atom stereocenters. The van der Waals surface area contributed by atoms with Gasteiger partial charge in [-0.3, -0.25) is 4.79 Å². The molecule has 1 aliphatic carbocycles. The predicted octanol–water partition coefficient (Wildman–Crippen LogP) is 3.60. The largest absolute Gasteiger partial charge is 0.481 e. The van der Waals surface area contributed by atoms with Crippen LogP contribution in [0.5, 0.6) is 0 Å². The highest BCUT2D eigenvalue weighted by Gasteiger charge is 2.32. The molecule has 3 rings (SSSR count). The van der Waals surface area contributed by atoms with Crippen molar-refractivity contribution in [3.8, 4) is 0 Å². The fourth-order valence-electron chi connectivity index (χ4n) is 2.59. The number of rotatable bonds is 2. The normalized spacial score (nSPS) is 22.3. The molecule has 0 fully saturated rings. The molecule has 1 aromatic carbocycles. The molecule has 0 bridgehead atoms. The molecule has 1 aliphatic rings. The summed E-state index contributed by atoms with van der Waals surface area (Å²) in [5.41, 5.74) is 1.21. The summed E-state index contributed by atoms with van der Waals surface area (Å²) in [6, 6.07) is 2.96. The Balaban J connectivity index is 2.05. The summed E-state index contributed by atoms with van der Waals surface area (Å²) >= 11 is 3.12. The van der Waals surface area contributed by atoms with Crippen LogP contribution in [0.3, 0.4) is 0 Å². The molecule has 0 spiro atoms. The van der Waals surface area contributed by atoms with Crippen LogP contribution < -0.4 is 0 Å². The van der Waals surface area contributed by atoms with Crippen LogP contribution in [0.4, 0.5) is 4.39 Å². The third-order valence-electron chi connectivity index (χ3n) is 3.64. The molecule has 0 amide bonds. The Kier molecular flexibility index (Phi) is 3.33. The first-order valence-corrected chi connectivity index (χ1v) is 7.08. The average Bonchev–Trinajstić information content (AvgIpc) is 2.82. The van der Waals surface area contributed by atoms with Crippen molar-refractivity contribution in [3.05, 3.63) is 40.4 Å². The second-order valence-corrected chi connectivity index (χ2v) is 5.75. The summed E-state index contributed by atoms with van der Waals surface area (Å²) in [6.07, 6.45) is 4.97. The number of aromatic nitrogens is 2. The molecule has 1 aromatic heterocycles. The molecule has 4 nitrogen and oxygen atoms in total. The molecule has 0 saturated heterocycles. The van der Waals surface area contributed by atoms with E-state index in [1.165, 1.54) is 6.07 Å². The SMILES string of the molecule is O=C(O)C1CC=CCC1c1nc2cc(Br)c(F)cc2[nH]1. The lowest BCUT2D eigenvalue weighted by molar-refractivity contribution is -0.142. The number of carboxylic acids is 1. The Hall–Kier alpha value is -1.69. The number of imidazole rings is 1. The van der Waals surface area contributed by atoms with Gasteiger partial charge in [0.1, 0.15) is 11.6 Å². The van der Waals surface area contributed by atoms with Crippen LogP contribution >= 0.6 is 15.9 Å². The first-order valence-electron chi connectivity index (χ1n) is 6.28. The van der Waals surface area contributed by atoms with E-state index in [-0.39, 0.29) is 11.7 Å². The second kappa shape index (κ2) is 5.01. The molecule has 1 heterocycles. The number of nitrogens with one attached hydrogen (secondary N) is 1. The summed E-state index contributed by atoms with van der Waals surface area (Å²) < 4.78 is 13.9. The fraction of sp³-hybridized carbons (Fsp3) is 0.286. The van der Waals surface area contributed by atoms with E-state index in [4.69, 9.17) is 0 Å². The Morgan fingerprint density at radius 2 is 2.15 bits per heavy atom. The van der Waals surface area contributed by atoms with Gasteiger partial charge < -0.3 is 10.1 Å². The van der Waals surface area contributed by atoms with Crippen molar-refractivity contribution < 1.29 is 14.3 Å². The van der Waals surface area contributed by atoms with Crippen molar-refractivity contribution in [2.45, 2.75) is 18.8 Å². The van der Waals surface area contributed by atoms with Crippen molar-refractivity contribution in [1.82, 2.24) is 9.97 Å². The van der Waals surface area contributed by atoms with Crippen LogP contribution in [-0.4, -0.2) is 21.0 Å². The molecule has 20 heavy (non-hydrogen) atoms. The second-order valence-electron chi connectivity index (χ2n) is 4.90. The quantitative estimate of drug-likeness (QED) is 0.822. The van der Waals surface area contributed by atoms with E-state index in [0.717, 1.165) is 0 Å². The number of aliphatic carboxylic acids is 1. The predicted molar refractivity (Wildman–Crippen MR) is 76.0 cm³/mol. The summed E-state index contributed by atoms with van der Waals surface area (Å²) in [7, 11) is 0. The number of benzene rings is 1. The van der Waals surface area contributed by atoms with Crippen molar-refractivity contribution in [1.29, 1.82) is 0 Å². The van der Waals surface area contributed by atoms with E-state index in [9.17, 15) is 14.3 Å². The van der Waals surface area contributed by atoms with E-state index in [0.29, 0.717) is 34.2 Å². The standard InChI is InChI=1S/C14H12BrFN2O2/c15-9-5-11-12(6-10(9)16)18-13(17-11)7-3-1-2-4-8(7)14(19)20/h1-2,5-8H,3-4H2,(H,17,18)(H,19,20). The zero-order valence-corrected chi connectivity index (χ0v) is 12.0. The Morgan fingerprint density at radius 3 is 2.90 bits per heavy atom. The molecular formula is C14H12BrFN2O2. The molecule has 104 valence electrons. The van der Waals surface area contributed by atoms with Gasteiger partial charge in [0.25, 0.3) is 0 Å². The lowest BCUT2D eigenvalue weighted by Gasteiger charge is -2.23. The third kappa shape index (κ3) is 2.24. The van der Waals surface area contributed by atoms with Gasteiger partial charge in [-0.1, -0.05) is 12.2 Å². The van der Waals surface area contributed by atoms with Crippen LogP contribution in [0, 0.1) is 11.7 Å². The number of carbonyl (C=O) groups is 1. The van der Waals surface area contributed by atoms with Crippen LogP contribution in [-0.2, 0) is 4.79 Å². The number of fused-ring (bicyclic) bond motifs is 1. The number of hydrogen-bond donors (Lipinski definition) is 2.